The third-order valence-corrected chi connectivity index (χ3v) is 5.40. The van der Waals surface area contributed by atoms with E-state index in [2.05, 4.69) is 15.0 Å². The summed E-state index contributed by atoms with van der Waals surface area (Å²) in [6.07, 6.45) is 1.51. The van der Waals surface area contributed by atoms with Gasteiger partial charge >= 0.3 is 6.09 Å². The summed E-state index contributed by atoms with van der Waals surface area (Å²) in [7, 11) is 0. The van der Waals surface area contributed by atoms with Gasteiger partial charge in [-0.2, -0.15) is 4.98 Å². The molecule has 2 aromatic heterocycles. The second-order valence-corrected chi connectivity index (χ2v) is 7.36. The van der Waals surface area contributed by atoms with Crippen LogP contribution in [0.25, 0.3) is 11.5 Å². The van der Waals surface area contributed by atoms with E-state index in [9.17, 15) is 4.79 Å². The maximum Gasteiger partial charge on any atom is 0.416 e. The van der Waals surface area contributed by atoms with Crippen molar-refractivity contribution in [3.8, 4) is 17.4 Å². The Morgan fingerprint density at radius 1 is 1.00 bits per heavy atom. The Balaban J connectivity index is 2.09. The van der Waals surface area contributed by atoms with Gasteiger partial charge in [0.05, 0.1) is 0 Å². The van der Waals surface area contributed by atoms with Crippen LogP contribution in [0, 0.1) is 6.92 Å². The van der Waals surface area contributed by atoms with Crippen LogP contribution >= 0.6 is 23.2 Å². The molecule has 30 heavy (non-hydrogen) atoms. The van der Waals surface area contributed by atoms with Gasteiger partial charge < -0.3 is 9.64 Å². The van der Waals surface area contributed by atoms with Gasteiger partial charge in [-0.15, -0.1) is 0 Å². The number of rotatable bonds is 6. The van der Waals surface area contributed by atoms with Crippen LogP contribution in [0.3, 0.4) is 0 Å². The Morgan fingerprint density at radius 3 is 2.30 bits per heavy atom. The van der Waals surface area contributed by atoms with E-state index in [1.54, 1.807) is 35.4 Å². The first kappa shape index (κ1) is 22.0. The molecule has 1 aromatic carbocycles. The number of hydrogen-bond acceptors (Lipinski definition) is 5. The van der Waals surface area contributed by atoms with Crippen molar-refractivity contribution in [3.63, 3.8) is 0 Å². The number of pyridine rings is 1. The van der Waals surface area contributed by atoms with Crippen molar-refractivity contribution in [1.82, 2.24) is 19.9 Å². The molecule has 0 spiro atoms. The summed E-state index contributed by atoms with van der Waals surface area (Å²) >= 11 is 12.7. The molecule has 8 heteroatoms. The van der Waals surface area contributed by atoms with Gasteiger partial charge in [-0.1, -0.05) is 35.3 Å². The zero-order valence-electron chi connectivity index (χ0n) is 17.0. The van der Waals surface area contributed by atoms with Crippen LogP contribution in [-0.4, -0.2) is 39.0 Å². The van der Waals surface area contributed by atoms with Gasteiger partial charge in [-0.05, 0) is 50.6 Å². The molecular formula is C22H22Cl2N4O2. The lowest BCUT2D eigenvalue weighted by Crippen LogP contribution is -2.33. The van der Waals surface area contributed by atoms with E-state index in [1.165, 1.54) is 0 Å². The topological polar surface area (TPSA) is 68.2 Å². The van der Waals surface area contributed by atoms with Gasteiger partial charge in [0.25, 0.3) is 0 Å². The molecule has 0 aliphatic carbocycles. The summed E-state index contributed by atoms with van der Waals surface area (Å²) in [5.41, 5.74) is 2.61. The van der Waals surface area contributed by atoms with Crippen LogP contribution in [0.1, 0.15) is 30.7 Å². The van der Waals surface area contributed by atoms with Crippen molar-refractivity contribution >= 4 is 29.3 Å². The van der Waals surface area contributed by atoms with Crippen LogP contribution < -0.4 is 4.74 Å². The highest BCUT2D eigenvalue weighted by atomic mass is 35.5. The Bertz CT molecular complexity index is 1020. The van der Waals surface area contributed by atoms with Crippen molar-refractivity contribution in [2.75, 3.05) is 13.1 Å². The fourth-order valence-corrected chi connectivity index (χ4v) is 3.51. The van der Waals surface area contributed by atoms with Crippen molar-refractivity contribution in [2.24, 2.45) is 0 Å². The number of nitrogens with zero attached hydrogens (tertiary/aromatic N) is 4. The van der Waals surface area contributed by atoms with Crippen LogP contribution in [-0.2, 0) is 6.42 Å². The summed E-state index contributed by atoms with van der Waals surface area (Å²) in [6.45, 7) is 6.67. The Labute approximate surface area is 185 Å². The zero-order chi connectivity index (χ0) is 21.7. The fraction of sp³-hybridized carbons (Fsp3) is 0.273. The van der Waals surface area contributed by atoms with Crippen molar-refractivity contribution in [2.45, 2.75) is 27.2 Å². The van der Waals surface area contributed by atoms with Gasteiger partial charge in [0.1, 0.15) is 5.69 Å². The summed E-state index contributed by atoms with van der Waals surface area (Å²) < 4.78 is 5.71. The number of halogens is 2. The molecule has 3 rings (SSSR count). The zero-order valence-corrected chi connectivity index (χ0v) is 18.5. The molecule has 0 radical (unpaired) electrons. The molecule has 0 fully saturated rings. The van der Waals surface area contributed by atoms with Crippen LogP contribution in [0.4, 0.5) is 4.79 Å². The second-order valence-electron chi connectivity index (χ2n) is 6.55. The molecule has 0 saturated heterocycles. The predicted octanol–water partition coefficient (Wildman–Crippen LogP) is 5.59. The molecule has 156 valence electrons. The smallest absolute Gasteiger partial charge is 0.391 e. The minimum atomic E-state index is -0.475. The lowest BCUT2D eigenvalue weighted by Gasteiger charge is -2.20. The summed E-state index contributed by atoms with van der Waals surface area (Å²) in [6, 6.07) is 10.8. The second kappa shape index (κ2) is 9.87. The van der Waals surface area contributed by atoms with Crippen molar-refractivity contribution in [3.05, 3.63) is 69.5 Å². The van der Waals surface area contributed by atoms with Gasteiger partial charge in [-0.3, -0.25) is 4.98 Å². The van der Waals surface area contributed by atoms with Crippen molar-refractivity contribution in [1.29, 1.82) is 0 Å². The molecule has 6 nitrogen and oxygen atoms in total. The van der Waals surface area contributed by atoms with Crippen LogP contribution in [0.5, 0.6) is 5.88 Å². The number of amides is 1. The highest BCUT2D eigenvalue weighted by Gasteiger charge is 2.21. The van der Waals surface area contributed by atoms with Crippen molar-refractivity contribution < 1.29 is 9.53 Å². The first-order chi connectivity index (χ1) is 14.4. The Hall–Kier alpha value is -2.70. The molecule has 0 aliphatic rings. The maximum absolute atomic E-state index is 12.6. The van der Waals surface area contributed by atoms with E-state index in [-0.39, 0.29) is 5.88 Å². The largest absolute Gasteiger partial charge is 0.416 e. The minimum absolute atomic E-state index is 0.177. The molecule has 0 atom stereocenters. The first-order valence-electron chi connectivity index (χ1n) is 9.63. The molecule has 2 heterocycles. The third kappa shape index (κ3) is 4.89. The molecule has 0 N–H and O–H groups in total. The minimum Gasteiger partial charge on any atom is -0.391 e. The average Bonchev–Trinajstić information content (AvgIpc) is 2.73. The number of aromatic nitrogens is 3. The van der Waals surface area contributed by atoms with E-state index >= 15 is 0 Å². The monoisotopic (exact) mass is 444 g/mol. The number of carbonyl (C=O) groups excluding carboxylic acids is 1. The van der Waals surface area contributed by atoms with E-state index in [4.69, 9.17) is 27.9 Å². The highest BCUT2D eigenvalue weighted by Crippen LogP contribution is 2.32. The molecular weight excluding hydrogens is 423 g/mol. The van der Waals surface area contributed by atoms with Gasteiger partial charge in [0.15, 0.2) is 5.82 Å². The van der Waals surface area contributed by atoms with E-state index in [1.807, 2.05) is 32.9 Å². The Morgan fingerprint density at radius 2 is 1.70 bits per heavy atom. The third-order valence-electron chi connectivity index (χ3n) is 4.69. The molecule has 1 amide bonds. The lowest BCUT2D eigenvalue weighted by molar-refractivity contribution is 0.155. The number of ether oxygens (including phenoxy) is 1. The quantitative estimate of drug-likeness (QED) is 0.495. The lowest BCUT2D eigenvalue weighted by atomic mass is 10.0. The number of aryl methyl sites for hydroxylation is 1. The molecule has 0 unspecified atom stereocenters. The summed E-state index contributed by atoms with van der Waals surface area (Å²) in [5.74, 6) is 0.556. The summed E-state index contributed by atoms with van der Waals surface area (Å²) in [4.78, 5) is 27.6. The van der Waals surface area contributed by atoms with Crippen LogP contribution in [0.2, 0.25) is 10.0 Å². The highest BCUT2D eigenvalue weighted by molar-refractivity contribution is 6.36. The Kier molecular flexibility index (Phi) is 7.24. The van der Waals surface area contributed by atoms with E-state index in [0.29, 0.717) is 52.3 Å². The normalized spacial score (nSPS) is 10.7. The van der Waals surface area contributed by atoms with Gasteiger partial charge in [0, 0.05) is 47.0 Å². The molecule has 0 bridgehead atoms. The fourth-order valence-electron chi connectivity index (χ4n) is 2.97. The van der Waals surface area contributed by atoms with Crippen LogP contribution in [0.15, 0.2) is 42.6 Å². The van der Waals surface area contributed by atoms with Gasteiger partial charge in [-0.25, -0.2) is 9.78 Å². The SMILES string of the molecule is CCN(CC)C(=O)Oc1nc(-c2ccccn2)nc(C)c1Cc1c(Cl)cccc1Cl. The predicted molar refractivity (Wildman–Crippen MR) is 118 cm³/mol. The first-order valence-corrected chi connectivity index (χ1v) is 10.4. The average molecular weight is 445 g/mol. The van der Waals surface area contributed by atoms with E-state index < -0.39 is 6.09 Å². The summed E-state index contributed by atoms with van der Waals surface area (Å²) in [5, 5.41) is 1.05. The maximum atomic E-state index is 12.6. The number of hydrogen-bond donors (Lipinski definition) is 0. The standard InChI is InChI=1S/C22H22Cl2N4O2/c1-4-28(5-2)22(29)30-21-15(13-16-17(23)9-8-10-18(16)24)14(3)26-20(27-21)19-11-6-7-12-25-19/h6-12H,4-5,13H2,1-3H3. The number of carbonyl (C=O) groups is 1. The number of benzene rings is 1. The molecule has 3 aromatic rings. The molecule has 0 aliphatic heterocycles. The van der Waals surface area contributed by atoms with E-state index in [0.717, 1.165) is 5.56 Å². The molecule has 0 saturated carbocycles. The van der Waals surface area contributed by atoms with Gasteiger partial charge in [0.2, 0.25) is 5.88 Å².